The number of hydrogen-bond donors (Lipinski definition) is 1. The Morgan fingerprint density at radius 3 is 2.42 bits per heavy atom. The SMILES string of the molecule is CC(C)=NNC(=O)CN(C1=NS(=O)(=O)c2ccccc21)c1ccccc1. The monoisotopic (exact) mass is 370 g/mol. The fourth-order valence-corrected chi connectivity index (χ4v) is 3.74. The minimum atomic E-state index is -3.78. The lowest BCUT2D eigenvalue weighted by atomic mass is 10.1. The third-order valence-electron chi connectivity index (χ3n) is 3.64. The Hall–Kier alpha value is -3.00. The smallest absolute Gasteiger partial charge is 0.285 e. The van der Waals surface area contributed by atoms with Gasteiger partial charge < -0.3 is 4.90 Å². The number of rotatable bonds is 4. The molecule has 0 radical (unpaired) electrons. The Labute approximate surface area is 152 Å². The highest BCUT2D eigenvalue weighted by Crippen LogP contribution is 2.29. The van der Waals surface area contributed by atoms with Gasteiger partial charge in [0.25, 0.3) is 15.9 Å². The maximum Gasteiger partial charge on any atom is 0.285 e. The first-order valence-electron chi connectivity index (χ1n) is 7.95. The molecule has 0 spiro atoms. The minimum absolute atomic E-state index is 0.122. The van der Waals surface area contributed by atoms with Crippen LogP contribution in [0.1, 0.15) is 19.4 Å². The van der Waals surface area contributed by atoms with Crippen molar-refractivity contribution in [2.45, 2.75) is 18.7 Å². The van der Waals surface area contributed by atoms with E-state index < -0.39 is 10.0 Å². The van der Waals surface area contributed by atoms with Crippen molar-refractivity contribution >= 4 is 33.2 Å². The summed E-state index contributed by atoms with van der Waals surface area (Å²) >= 11 is 0. The highest BCUT2D eigenvalue weighted by molar-refractivity contribution is 7.90. The molecular formula is C18H18N4O3S. The number of hydrogen-bond acceptors (Lipinski definition) is 5. The van der Waals surface area contributed by atoms with Crippen molar-refractivity contribution in [3.63, 3.8) is 0 Å². The van der Waals surface area contributed by atoms with Crippen molar-refractivity contribution < 1.29 is 13.2 Å². The number of nitrogens with zero attached hydrogens (tertiary/aromatic N) is 3. The molecule has 0 bridgehead atoms. The van der Waals surface area contributed by atoms with Gasteiger partial charge in [0.2, 0.25) is 0 Å². The maximum absolute atomic E-state index is 12.4. The minimum Gasteiger partial charge on any atom is -0.316 e. The van der Waals surface area contributed by atoms with Crippen LogP contribution in [-0.2, 0) is 14.8 Å². The van der Waals surface area contributed by atoms with Crippen molar-refractivity contribution in [3.05, 3.63) is 60.2 Å². The molecular weight excluding hydrogens is 352 g/mol. The lowest BCUT2D eigenvalue weighted by molar-refractivity contribution is -0.119. The van der Waals surface area contributed by atoms with E-state index in [1.165, 1.54) is 6.07 Å². The maximum atomic E-state index is 12.4. The van der Waals surface area contributed by atoms with Crippen molar-refractivity contribution in [1.82, 2.24) is 5.43 Å². The molecule has 3 rings (SSSR count). The molecule has 2 aromatic carbocycles. The summed E-state index contributed by atoms with van der Waals surface area (Å²) in [4.78, 5) is 14.0. The second-order valence-corrected chi connectivity index (χ2v) is 7.47. The first-order valence-corrected chi connectivity index (χ1v) is 9.39. The molecule has 2 aromatic rings. The predicted octanol–water partition coefficient (Wildman–Crippen LogP) is 2.15. The zero-order chi connectivity index (χ0) is 18.7. The van der Waals surface area contributed by atoms with Gasteiger partial charge >= 0.3 is 0 Å². The molecule has 1 heterocycles. The number of sulfonamides is 1. The summed E-state index contributed by atoms with van der Waals surface area (Å²) < 4.78 is 28.6. The Balaban J connectivity index is 2.03. The van der Waals surface area contributed by atoms with Gasteiger partial charge in [-0.2, -0.15) is 13.5 Å². The molecule has 0 atom stereocenters. The van der Waals surface area contributed by atoms with Gasteiger partial charge in [0.1, 0.15) is 11.4 Å². The van der Waals surface area contributed by atoms with E-state index in [0.717, 1.165) is 0 Å². The summed E-state index contributed by atoms with van der Waals surface area (Å²) in [5, 5.41) is 3.90. The number of amidine groups is 1. The highest BCUT2D eigenvalue weighted by atomic mass is 32.2. The summed E-state index contributed by atoms with van der Waals surface area (Å²) in [7, 11) is -3.78. The van der Waals surface area contributed by atoms with Gasteiger partial charge in [-0.05, 0) is 38.1 Å². The number of carbonyl (C=O) groups excluding carboxylic acids is 1. The average Bonchev–Trinajstić information content (AvgIpc) is 2.90. The van der Waals surface area contributed by atoms with Crippen LogP contribution in [0.15, 0.2) is 69.0 Å². The molecule has 0 fully saturated rings. The largest absolute Gasteiger partial charge is 0.316 e. The van der Waals surface area contributed by atoms with Gasteiger partial charge in [-0.3, -0.25) is 4.79 Å². The molecule has 0 unspecified atom stereocenters. The normalized spacial score (nSPS) is 14.2. The molecule has 0 aromatic heterocycles. The van der Waals surface area contributed by atoms with Crippen molar-refractivity contribution in [3.8, 4) is 0 Å². The van der Waals surface area contributed by atoms with Crippen LogP contribution in [-0.4, -0.2) is 32.4 Å². The number of nitrogens with one attached hydrogen (secondary N) is 1. The number of carbonyl (C=O) groups is 1. The third kappa shape index (κ3) is 3.65. The molecule has 1 amide bonds. The van der Waals surface area contributed by atoms with E-state index in [-0.39, 0.29) is 23.2 Å². The summed E-state index contributed by atoms with van der Waals surface area (Å²) in [6.07, 6.45) is 0. The lowest BCUT2D eigenvalue weighted by Gasteiger charge is -2.23. The molecule has 0 saturated heterocycles. The van der Waals surface area contributed by atoms with Crippen LogP contribution in [0.25, 0.3) is 0 Å². The number of fused-ring (bicyclic) bond motifs is 1. The Morgan fingerprint density at radius 2 is 1.73 bits per heavy atom. The zero-order valence-corrected chi connectivity index (χ0v) is 15.2. The van der Waals surface area contributed by atoms with E-state index in [1.54, 1.807) is 49.1 Å². The van der Waals surface area contributed by atoms with Gasteiger partial charge in [0.15, 0.2) is 5.84 Å². The van der Waals surface area contributed by atoms with Crippen molar-refractivity contribution in [1.29, 1.82) is 0 Å². The predicted molar refractivity (Wildman–Crippen MR) is 101 cm³/mol. The number of anilines is 1. The van der Waals surface area contributed by atoms with Crippen LogP contribution in [0.3, 0.4) is 0 Å². The van der Waals surface area contributed by atoms with E-state index >= 15 is 0 Å². The van der Waals surface area contributed by atoms with Crippen LogP contribution in [0, 0.1) is 0 Å². The first-order chi connectivity index (χ1) is 12.4. The quantitative estimate of drug-likeness (QED) is 0.659. The number of benzene rings is 2. The Kier molecular flexibility index (Phi) is 4.85. The third-order valence-corrected chi connectivity index (χ3v) is 4.97. The molecule has 26 heavy (non-hydrogen) atoms. The summed E-state index contributed by atoms with van der Waals surface area (Å²) in [5.74, 6) is -0.154. The average molecular weight is 370 g/mol. The Bertz CT molecular complexity index is 994. The van der Waals surface area contributed by atoms with E-state index in [9.17, 15) is 13.2 Å². The van der Waals surface area contributed by atoms with Gasteiger partial charge in [0.05, 0.1) is 0 Å². The molecule has 7 nitrogen and oxygen atoms in total. The van der Waals surface area contributed by atoms with Crippen molar-refractivity contribution in [2.75, 3.05) is 11.4 Å². The van der Waals surface area contributed by atoms with Gasteiger partial charge in [0, 0.05) is 17.0 Å². The van der Waals surface area contributed by atoms with E-state index in [4.69, 9.17) is 0 Å². The molecule has 134 valence electrons. The molecule has 0 aliphatic carbocycles. The standard InChI is InChI=1S/C18H18N4O3S/c1-13(2)19-20-17(23)12-22(14-8-4-3-5-9-14)18-15-10-6-7-11-16(15)26(24,25)21-18/h3-11H,12H2,1-2H3,(H,20,23). The van der Waals surface area contributed by atoms with Crippen LogP contribution < -0.4 is 10.3 Å². The van der Waals surface area contributed by atoms with E-state index in [2.05, 4.69) is 14.9 Å². The summed E-state index contributed by atoms with van der Waals surface area (Å²) in [5.41, 5.74) is 4.29. The molecule has 1 aliphatic rings. The second-order valence-electron chi connectivity index (χ2n) is 5.90. The number of amides is 1. The molecule has 1 N–H and O–H groups in total. The van der Waals surface area contributed by atoms with Gasteiger partial charge in [-0.25, -0.2) is 5.43 Å². The van der Waals surface area contributed by atoms with E-state index in [0.29, 0.717) is 17.0 Å². The molecule has 0 saturated carbocycles. The number of hydrazone groups is 1. The number of para-hydroxylation sites is 1. The van der Waals surface area contributed by atoms with Crippen LogP contribution >= 0.6 is 0 Å². The fourth-order valence-electron chi connectivity index (χ4n) is 2.53. The van der Waals surface area contributed by atoms with Crippen LogP contribution in [0.5, 0.6) is 0 Å². The van der Waals surface area contributed by atoms with Crippen LogP contribution in [0.4, 0.5) is 5.69 Å². The molecule has 8 heteroatoms. The lowest BCUT2D eigenvalue weighted by Crippen LogP contribution is -2.39. The van der Waals surface area contributed by atoms with E-state index in [1.807, 2.05) is 18.2 Å². The Morgan fingerprint density at radius 1 is 1.08 bits per heavy atom. The first kappa shape index (κ1) is 17.8. The fraction of sp³-hybridized carbons (Fsp3) is 0.167. The summed E-state index contributed by atoms with van der Waals surface area (Å²) in [6, 6.07) is 15.6. The topological polar surface area (TPSA) is 91.2 Å². The van der Waals surface area contributed by atoms with Gasteiger partial charge in [-0.1, -0.05) is 30.3 Å². The zero-order valence-electron chi connectivity index (χ0n) is 14.4. The molecule has 1 aliphatic heterocycles. The second kappa shape index (κ2) is 7.09. The summed E-state index contributed by atoms with van der Waals surface area (Å²) in [6.45, 7) is 3.40. The van der Waals surface area contributed by atoms with Crippen molar-refractivity contribution in [2.24, 2.45) is 9.50 Å². The van der Waals surface area contributed by atoms with Crippen LogP contribution in [0.2, 0.25) is 0 Å². The van der Waals surface area contributed by atoms with Gasteiger partial charge in [-0.15, -0.1) is 4.40 Å². The highest BCUT2D eigenvalue weighted by Gasteiger charge is 2.32.